The number of hydrogen-bond acceptors (Lipinski definition) is 6. The molecule has 0 radical (unpaired) electrons. The van der Waals surface area contributed by atoms with Gasteiger partial charge < -0.3 is 9.72 Å². The second-order valence-corrected chi connectivity index (χ2v) is 6.46. The van der Waals surface area contributed by atoms with Gasteiger partial charge in [0.1, 0.15) is 0 Å². The van der Waals surface area contributed by atoms with Gasteiger partial charge >= 0.3 is 5.97 Å². The quantitative estimate of drug-likeness (QED) is 0.360. The number of aromatic nitrogens is 2. The number of esters is 1. The van der Waals surface area contributed by atoms with Crippen LogP contribution in [0, 0.1) is 0 Å². The standard InChI is InChI=1S/C13H18N2O3S2/c1-2-3-4-5-18-11(16)8-20-13-14-10-7-19-6-9(10)12(17)15-13/h2-8H2,1H3,(H,14,15,17). The van der Waals surface area contributed by atoms with E-state index in [4.69, 9.17) is 4.74 Å². The van der Waals surface area contributed by atoms with Gasteiger partial charge in [-0.25, -0.2) is 4.98 Å². The number of nitrogens with zero attached hydrogens (tertiary/aromatic N) is 1. The maximum Gasteiger partial charge on any atom is 0.316 e. The van der Waals surface area contributed by atoms with Crippen molar-refractivity contribution in [1.29, 1.82) is 0 Å². The fraction of sp³-hybridized carbons (Fsp3) is 0.615. The Morgan fingerprint density at radius 2 is 2.30 bits per heavy atom. The molecule has 0 bridgehead atoms. The van der Waals surface area contributed by atoms with Gasteiger partial charge in [-0.15, -0.1) is 0 Å². The number of fused-ring (bicyclic) bond motifs is 1. The molecule has 7 heteroatoms. The van der Waals surface area contributed by atoms with E-state index in [0.29, 0.717) is 11.8 Å². The first-order chi connectivity index (χ1) is 9.70. The van der Waals surface area contributed by atoms with Gasteiger partial charge in [-0.3, -0.25) is 9.59 Å². The Hall–Kier alpha value is -0.950. The van der Waals surface area contributed by atoms with Crippen LogP contribution in [0.1, 0.15) is 37.4 Å². The van der Waals surface area contributed by atoms with Crippen molar-refractivity contribution in [3.05, 3.63) is 21.6 Å². The SMILES string of the molecule is CCCCCOC(=O)CSc1nc2c(c(=O)[nH]1)CSC2. The van der Waals surface area contributed by atoms with Gasteiger partial charge in [0.05, 0.1) is 18.1 Å². The van der Waals surface area contributed by atoms with Gasteiger partial charge in [-0.05, 0) is 6.42 Å². The summed E-state index contributed by atoms with van der Waals surface area (Å²) in [5.74, 6) is 1.42. The summed E-state index contributed by atoms with van der Waals surface area (Å²) in [7, 11) is 0. The lowest BCUT2D eigenvalue weighted by molar-refractivity contribution is -0.140. The number of carbonyl (C=O) groups excluding carboxylic acids is 1. The van der Waals surface area contributed by atoms with Gasteiger partial charge in [0, 0.05) is 17.1 Å². The lowest BCUT2D eigenvalue weighted by Crippen LogP contribution is -2.16. The number of hydrogen-bond donors (Lipinski definition) is 1. The monoisotopic (exact) mass is 314 g/mol. The third-order valence-corrected chi connectivity index (χ3v) is 4.72. The smallest absolute Gasteiger partial charge is 0.316 e. The Kier molecular flexibility index (Phi) is 5.97. The van der Waals surface area contributed by atoms with Crippen molar-refractivity contribution in [1.82, 2.24) is 9.97 Å². The number of nitrogens with one attached hydrogen (secondary N) is 1. The van der Waals surface area contributed by atoms with Crippen LogP contribution >= 0.6 is 23.5 Å². The van der Waals surface area contributed by atoms with Crippen molar-refractivity contribution in [2.75, 3.05) is 12.4 Å². The van der Waals surface area contributed by atoms with Gasteiger partial charge in [0.2, 0.25) is 0 Å². The number of unbranched alkanes of at least 4 members (excludes halogenated alkanes) is 2. The molecule has 2 heterocycles. The van der Waals surface area contributed by atoms with E-state index in [9.17, 15) is 9.59 Å². The minimum absolute atomic E-state index is 0.0844. The van der Waals surface area contributed by atoms with Crippen LogP contribution in [0.3, 0.4) is 0 Å². The highest BCUT2D eigenvalue weighted by Crippen LogP contribution is 2.26. The predicted molar refractivity (Wildman–Crippen MR) is 81.1 cm³/mol. The average molecular weight is 314 g/mol. The number of aromatic amines is 1. The molecule has 0 fully saturated rings. The molecule has 0 unspecified atom stereocenters. The Bertz CT molecular complexity index is 531. The van der Waals surface area contributed by atoms with Gasteiger partial charge in [-0.1, -0.05) is 31.5 Å². The lowest BCUT2D eigenvalue weighted by atomic mass is 10.3. The highest BCUT2D eigenvalue weighted by Gasteiger charge is 2.18. The minimum Gasteiger partial charge on any atom is -0.465 e. The zero-order chi connectivity index (χ0) is 14.4. The van der Waals surface area contributed by atoms with Crippen LogP contribution in [-0.2, 0) is 21.0 Å². The topological polar surface area (TPSA) is 72.0 Å². The van der Waals surface area contributed by atoms with E-state index in [0.717, 1.165) is 42.0 Å². The van der Waals surface area contributed by atoms with Crippen LogP contribution in [0.15, 0.2) is 9.95 Å². The molecule has 5 nitrogen and oxygen atoms in total. The summed E-state index contributed by atoms with van der Waals surface area (Å²) in [5, 5.41) is 0.502. The molecule has 0 amide bonds. The highest BCUT2D eigenvalue weighted by molar-refractivity contribution is 7.99. The molecule has 110 valence electrons. The van der Waals surface area contributed by atoms with E-state index in [-0.39, 0.29) is 17.3 Å². The normalized spacial score (nSPS) is 13.2. The zero-order valence-electron chi connectivity index (χ0n) is 11.4. The van der Waals surface area contributed by atoms with Crippen LogP contribution in [0.5, 0.6) is 0 Å². The summed E-state index contributed by atoms with van der Waals surface area (Å²) >= 11 is 2.90. The molecule has 1 aromatic heterocycles. The maximum absolute atomic E-state index is 11.8. The lowest BCUT2D eigenvalue weighted by Gasteiger charge is -2.05. The molecular weight excluding hydrogens is 296 g/mol. The number of ether oxygens (including phenoxy) is 1. The summed E-state index contributed by atoms with van der Waals surface area (Å²) in [5.41, 5.74) is 1.53. The molecule has 0 saturated carbocycles. The number of rotatable bonds is 7. The van der Waals surface area contributed by atoms with Gasteiger partial charge in [0.25, 0.3) is 5.56 Å². The Morgan fingerprint density at radius 1 is 1.45 bits per heavy atom. The number of H-pyrrole nitrogens is 1. The van der Waals surface area contributed by atoms with E-state index >= 15 is 0 Å². The summed E-state index contributed by atoms with van der Waals surface area (Å²) in [6.45, 7) is 2.57. The summed E-state index contributed by atoms with van der Waals surface area (Å²) in [6.07, 6.45) is 3.07. The summed E-state index contributed by atoms with van der Waals surface area (Å²) in [4.78, 5) is 30.4. The van der Waals surface area contributed by atoms with Crippen molar-refractivity contribution in [3.63, 3.8) is 0 Å². The predicted octanol–water partition coefficient (Wildman–Crippen LogP) is 2.34. The largest absolute Gasteiger partial charge is 0.465 e. The highest BCUT2D eigenvalue weighted by atomic mass is 32.2. The summed E-state index contributed by atoms with van der Waals surface area (Å²) in [6, 6.07) is 0. The van der Waals surface area contributed by atoms with Crippen molar-refractivity contribution in [3.8, 4) is 0 Å². The van der Waals surface area contributed by atoms with Crippen LogP contribution in [0.4, 0.5) is 0 Å². The Balaban J connectivity index is 1.81. The molecular formula is C13H18N2O3S2. The first-order valence-corrected chi connectivity index (χ1v) is 8.83. The first kappa shape index (κ1) is 15.4. The minimum atomic E-state index is -0.261. The molecule has 0 aliphatic carbocycles. The molecule has 20 heavy (non-hydrogen) atoms. The second-order valence-electron chi connectivity index (χ2n) is 4.51. The molecule has 2 rings (SSSR count). The van der Waals surface area contributed by atoms with Crippen molar-refractivity contribution in [2.24, 2.45) is 0 Å². The van der Waals surface area contributed by atoms with Crippen molar-refractivity contribution < 1.29 is 9.53 Å². The summed E-state index contributed by atoms with van der Waals surface area (Å²) < 4.78 is 5.11. The third kappa shape index (κ3) is 4.28. The molecule has 0 aromatic carbocycles. The van der Waals surface area contributed by atoms with Crippen LogP contribution in [0.2, 0.25) is 0 Å². The molecule has 0 saturated heterocycles. The van der Waals surface area contributed by atoms with E-state index in [1.165, 1.54) is 11.8 Å². The fourth-order valence-electron chi connectivity index (χ4n) is 1.82. The van der Waals surface area contributed by atoms with Crippen LogP contribution < -0.4 is 5.56 Å². The molecule has 0 spiro atoms. The Morgan fingerprint density at radius 3 is 3.10 bits per heavy atom. The van der Waals surface area contributed by atoms with Gasteiger partial charge in [-0.2, -0.15) is 11.8 Å². The molecule has 1 aliphatic heterocycles. The van der Waals surface area contributed by atoms with E-state index in [2.05, 4.69) is 16.9 Å². The molecule has 1 aliphatic rings. The van der Waals surface area contributed by atoms with Crippen LogP contribution in [0.25, 0.3) is 0 Å². The number of thioether (sulfide) groups is 2. The first-order valence-electron chi connectivity index (χ1n) is 6.69. The fourth-order valence-corrected chi connectivity index (χ4v) is 3.53. The molecule has 1 aromatic rings. The van der Waals surface area contributed by atoms with E-state index in [1.54, 1.807) is 11.8 Å². The molecule has 1 N–H and O–H groups in total. The van der Waals surface area contributed by atoms with Crippen molar-refractivity contribution >= 4 is 29.5 Å². The third-order valence-electron chi connectivity index (χ3n) is 2.90. The number of carbonyl (C=O) groups is 1. The zero-order valence-corrected chi connectivity index (χ0v) is 13.1. The van der Waals surface area contributed by atoms with Crippen LogP contribution in [-0.4, -0.2) is 28.3 Å². The van der Waals surface area contributed by atoms with Crippen molar-refractivity contribution in [2.45, 2.75) is 42.8 Å². The van der Waals surface area contributed by atoms with E-state index < -0.39 is 0 Å². The molecule has 0 atom stereocenters. The Labute approximate surface area is 126 Å². The van der Waals surface area contributed by atoms with Gasteiger partial charge in [0.15, 0.2) is 5.16 Å². The second kappa shape index (κ2) is 7.73. The van der Waals surface area contributed by atoms with E-state index in [1.807, 2.05) is 0 Å². The maximum atomic E-state index is 11.8. The average Bonchev–Trinajstić information content (AvgIpc) is 2.90.